The van der Waals surface area contributed by atoms with E-state index < -0.39 is 5.82 Å². The first-order chi connectivity index (χ1) is 8.11. The number of H-pyrrole nitrogens is 1. The topological polar surface area (TPSA) is 76.7 Å². The van der Waals surface area contributed by atoms with Crippen LogP contribution in [0.25, 0.3) is 0 Å². The van der Waals surface area contributed by atoms with Crippen LogP contribution in [0.15, 0.2) is 33.0 Å². The second-order valence-corrected chi connectivity index (χ2v) is 4.36. The Bertz CT molecular complexity index is 592. The molecular formula is C10H11FN4OS. The Morgan fingerprint density at radius 2 is 2.35 bits per heavy atom. The molecule has 2 rings (SSSR count). The molecule has 0 bridgehead atoms. The molecule has 0 atom stereocenters. The highest BCUT2D eigenvalue weighted by Gasteiger charge is 2.11. The molecule has 0 aliphatic rings. The molecule has 0 amide bonds. The minimum absolute atomic E-state index is 0.300. The molecule has 0 aliphatic carbocycles. The molecule has 7 heteroatoms. The van der Waals surface area contributed by atoms with E-state index in [0.29, 0.717) is 22.3 Å². The Morgan fingerprint density at radius 1 is 1.59 bits per heavy atom. The van der Waals surface area contributed by atoms with Gasteiger partial charge in [0.1, 0.15) is 5.82 Å². The zero-order chi connectivity index (χ0) is 12.4. The molecule has 2 aromatic rings. The maximum absolute atomic E-state index is 13.6. The van der Waals surface area contributed by atoms with E-state index in [4.69, 9.17) is 5.73 Å². The third kappa shape index (κ3) is 2.33. The van der Waals surface area contributed by atoms with Crippen LogP contribution in [0.1, 0.15) is 6.92 Å². The number of halogens is 1. The predicted octanol–water partition coefficient (Wildman–Crippen LogP) is 1.46. The maximum Gasteiger partial charge on any atom is 0.343 e. The van der Waals surface area contributed by atoms with E-state index in [-0.39, 0.29) is 5.69 Å². The molecule has 0 saturated heterocycles. The average molecular weight is 254 g/mol. The van der Waals surface area contributed by atoms with Gasteiger partial charge < -0.3 is 5.73 Å². The Kier molecular flexibility index (Phi) is 3.19. The SMILES string of the molecule is CCn1c(Sc2ccc(N)cc2F)n[nH]c1=O. The van der Waals surface area contributed by atoms with Crippen LogP contribution in [-0.2, 0) is 6.54 Å². The standard InChI is InChI=1S/C10H11FN4OS/c1-2-15-9(16)13-14-10(15)17-8-4-3-6(12)5-7(8)11/h3-5H,2,12H2,1H3,(H,13,16). The van der Waals surface area contributed by atoms with Gasteiger partial charge in [0.25, 0.3) is 0 Å². The fourth-order valence-corrected chi connectivity index (χ4v) is 2.26. The summed E-state index contributed by atoms with van der Waals surface area (Å²) in [6.07, 6.45) is 0. The van der Waals surface area contributed by atoms with E-state index in [9.17, 15) is 9.18 Å². The predicted molar refractivity (Wildman–Crippen MR) is 63.5 cm³/mol. The smallest absolute Gasteiger partial charge is 0.343 e. The summed E-state index contributed by atoms with van der Waals surface area (Å²) < 4.78 is 15.0. The van der Waals surface area contributed by atoms with Crippen LogP contribution in [0.4, 0.5) is 10.1 Å². The van der Waals surface area contributed by atoms with Gasteiger partial charge in [-0.15, -0.1) is 5.10 Å². The minimum atomic E-state index is -0.423. The Balaban J connectivity index is 2.34. The first-order valence-electron chi connectivity index (χ1n) is 5.00. The van der Waals surface area contributed by atoms with Gasteiger partial charge in [0, 0.05) is 12.2 Å². The van der Waals surface area contributed by atoms with Gasteiger partial charge in [0.05, 0.1) is 4.90 Å². The monoisotopic (exact) mass is 254 g/mol. The lowest BCUT2D eigenvalue weighted by Gasteiger charge is -2.03. The van der Waals surface area contributed by atoms with Gasteiger partial charge in [-0.2, -0.15) is 0 Å². The van der Waals surface area contributed by atoms with Gasteiger partial charge in [-0.3, -0.25) is 4.57 Å². The van der Waals surface area contributed by atoms with Gasteiger partial charge in [-0.05, 0) is 36.9 Å². The molecule has 0 unspecified atom stereocenters. The van der Waals surface area contributed by atoms with E-state index >= 15 is 0 Å². The molecule has 1 aromatic heterocycles. The summed E-state index contributed by atoms with van der Waals surface area (Å²) in [5, 5.41) is 6.60. The normalized spacial score (nSPS) is 10.7. The zero-order valence-corrected chi connectivity index (χ0v) is 9.92. The van der Waals surface area contributed by atoms with Crippen LogP contribution in [0, 0.1) is 5.82 Å². The molecule has 5 nitrogen and oxygen atoms in total. The van der Waals surface area contributed by atoms with Crippen molar-refractivity contribution in [2.45, 2.75) is 23.5 Å². The molecule has 17 heavy (non-hydrogen) atoms. The Labute approximate surface area is 101 Å². The number of benzene rings is 1. The second-order valence-electron chi connectivity index (χ2n) is 3.35. The maximum atomic E-state index is 13.6. The summed E-state index contributed by atoms with van der Waals surface area (Å²) in [4.78, 5) is 11.7. The van der Waals surface area contributed by atoms with Crippen molar-refractivity contribution in [3.8, 4) is 0 Å². The number of anilines is 1. The summed E-state index contributed by atoms with van der Waals surface area (Å²) in [5.41, 5.74) is 5.52. The average Bonchev–Trinajstić information content (AvgIpc) is 2.63. The molecule has 0 spiro atoms. The second kappa shape index (κ2) is 4.62. The Morgan fingerprint density at radius 3 is 3.00 bits per heavy atom. The summed E-state index contributed by atoms with van der Waals surface area (Å²) in [6, 6.07) is 4.41. The fourth-order valence-electron chi connectivity index (χ4n) is 1.36. The molecule has 3 N–H and O–H groups in total. The van der Waals surface area contributed by atoms with Crippen molar-refractivity contribution in [2.24, 2.45) is 0 Å². The van der Waals surface area contributed by atoms with Gasteiger partial charge in [0.15, 0.2) is 5.16 Å². The third-order valence-electron chi connectivity index (χ3n) is 2.20. The van der Waals surface area contributed by atoms with Crippen molar-refractivity contribution in [3.05, 3.63) is 34.5 Å². The summed E-state index contributed by atoms with van der Waals surface area (Å²) in [5.74, 6) is -0.423. The number of hydrogen-bond acceptors (Lipinski definition) is 4. The molecule has 1 aromatic carbocycles. The number of nitrogens with zero attached hydrogens (tertiary/aromatic N) is 2. The molecule has 0 fully saturated rings. The molecule has 0 saturated carbocycles. The van der Waals surface area contributed by atoms with Crippen molar-refractivity contribution in [2.75, 3.05) is 5.73 Å². The van der Waals surface area contributed by atoms with Gasteiger partial charge in [0.2, 0.25) is 0 Å². The first kappa shape index (κ1) is 11.7. The van der Waals surface area contributed by atoms with Gasteiger partial charge in [-0.1, -0.05) is 0 Å². The third-order valence-corrected chi connectivity index (χ3v) is 3.24. The van der Waals surface area contributed by atoms with E-state index in [2.05, 4.69) is 10.2 Å². The largest absolute Gasteiger partial charge is 0.399 e. The van der Waals surface area contributed by atoms with Crippen LogP contribution in [-0.4, -0.2) is 14.8 Å². The molecule has 90 valence electrons. The van der Waals surface area contributed by atoms with E-state index in [1.807, 2.05) is 6.92 Å². The van der Waals surface area contributed by atoms with Crippen molar-refractivity contribution >= 4 is 17.4 Å². The van der Waals surface area contributed by atoms with E-state index in [1.54, 1.807) is 12.1 Å². The van der Waals surface area contributed by atoms with Crippen LogP contribution < -0.4 is 11.4 Å². The molecule has 1 heterocycles. The zero-order valence-electron chi connectivity index (χ0n) is 9.11. The molecule has 0 aliphatic heterocycles. The number of aromatic amines is 1. The van der Waals surface area contributed by atoms with Crippen LogP contribution in [0.5, 0.6) is 0 Å². The van der Waals surface area contributed by atoms with Crippen molar-refractivity contribution in [3.63, 3.8) is 0 Å². The van der Waals surface area contributed by atoms with Crippen LogP contribution in [0.3, 0.4) is 0 Å². The van der Waals surface area contributed by atoms with E-state index in [0.717, 1.165) is 11.8 Å². The molecule has 0 radical (unpaired) electrons. The van der Waals surface area contributed by atoms with Crippen molar-refractivity contribution in [1.29, 1.82) is 0 Å². The number of nitrogens with one attached hydrogen (secondary N) is 1. The van der Waals surface area contributed by atoms with Crippen molar-refractivity contribution < 1.29 is 4.39 Å². The highest BCUT2D eigenvalue weighted by atomic mass is 32.2. The summed E-state index contributed by atoms with van der Waals surface area (Å²) in [6.45, 7) is 2.30. The number of hydrogen-bond donors (Lipinski definition) is 2. The number of rotatable bonds is 3. The highest BCUT2D eigenvalue weighted by Crippen LogP contribution is 2.28. The summed E-state index contributed by atoms with van der Waals surface area (Å²) in [7, 11) is 0. The first-order valence-corrected chi connectivity index (χ1v) is 5.81. The lowest BCUT2D eigenvalue weighted by Crippen LogP contribution is -2.16. The minimum Gasteiger partial charge on any atom is -0.399 e. The Hall–Kier alpha value is -1.76. The van der Waals surface area contributed by atoms with E-state index in [1.165, 1.54) is 10.6 Å². The van der Waals surface area contributed by atoms with Gasteiger partial charge in [-0.25, -0.2) is 14.3 Å². The number of nitrogen functional groups attached to an aromatic ring is 1. The van der Waals surface area contributed by atoms with Crippen LogP contribution >= 0.6 is 11.8 Å². The quantitative estimate of drug-likeness (QED) is 0.813. The number of aromatic nitrogens is 3. The fraction of sp³-hybridized carbons (Fsp3) is 0.200. The lowest BCUT2D eigenvalue weighted by atomic mass is 10.3. The van der Waals surface area contributed by atoms with Crippen molar-refractivity contribution in [1.82, 2.24) is 14.8 Å². The lowest BCUT2D eigenvalue weighted by molar-refractivity contribution is 0.601. The van der Waals surface area contributed by atoms with Crippen LogP contribution in [0.2, 0.25) is 0 Å². The summed E-state index contributed by atoms with van der Waals surface area (Å²) >= 11 is 1.08. The highest BCUT2D eigenvalue weighted by molar-refractivity contribution is 7.99. The number of nitrogens with two attached hydrogens (primary N) is 1. The van der Waals surface area contributed by atoms with Gasteiger partial charge >= 0.3 is 5.69 Å². The molecular weight excluding hydrogens is 243 g/mol.